The lowest BCUT2D eigenvalue weighted by Gasteiger charge is -2.17. The van der Waals surface area contributed by atoms with Gasteiger partial charge in [-0.05, 0) is 66.8 Å². The van der Waals surface area contributed by atoms with E-state index in [1.54, 1.807) is 13.3 Å². The van der Waals surface area contributed by atoms with Crippen LogP contribution in [0.4, 0.5) is 5.69 Å². The standard InChI is InChI=1S/C24H22N4O2/c1-15-12-20(21-14-25-28-22(21)26-15)16-6-8-18(9-7-16)27-23(29)24(10-11-24)17-4-3-5-19(13-17)30-2/h3-9,12-14H,10-11H2,1-2H3,(H,27,29)(H,25,26,28). The molecule has 2 aromatic carbocycles. The molecule has 0 unspecified atom stereocenters. The van der Waals surface area contributed by atoms with Crippen molar-refractivity contribution >= 4 is 22.6 Å². The van der Waals surface area contributed by atoms with Crippen molar-refractivity contribution in [2.45, 2.75) is 25.2 Å². The van der Waals surface area contributed by atoms with Crippen molar-refractivity contribution in [3.8, 4) is 16.9 Å². The molecule has 5 rings (SSSR count). The van der Waals surface area contributed by atoms with Gasteiger partial charge in [-0.3, -0.25) is 9.89 Å². The van der Waals surface area contributed by atoms with Gasteiger partial charge in [0.15, 0.2) is 5.65 Å². The Morgan fingerprint density at radius 2 is 1.93 bits per heavy atom. The molecule has 1 amide bonds. The third-order valence-electron chi connectivity index (χ3n) is 5.81. The normalized spacial score (nSPS) is 14.5. The van der Waals surface area contributed by atoms with Gasteiger partial charge in [-0.1, -0.05) is 24.3 Å². The Labute approximate surface area is 174 Å². The Morgan fingerprint density at radius 3 is 2.67 bits per heavy atom. The van der Waals surface area contributed by atoms with Gasteiger partial charge in [-0.25, -0.2) is 4.98 Å². The van der Waals surface area contributed by atoms with E-state index in [1.807, 2.05) is 61.5 Å². The summed E-state index contributed by atoms with van der Waals surface area (Å²) in [6.07, 6.45) is 3.48. The Hall–Kier alpha value is -3.67. The summed E-state index contributed by atoms with van der Waals surface area (Å²) < 4.78 is 5.32. The van der Waals surface area contributed by atoms with E-state index in [1.165, 1.54) is 0 Å². The molecular weight excluding hydrogens is 376 g/mol. The number of pyridine rings is 1. The molecule has 1 fully saturated rings. The van der Waals surface area contributed by atoms with Gasteiger partial charge in [0.25, 0.3) is 0 Å². The van der Waals surface area contributed by atoms with Crippen molar-refractivity contribution < 1.29 is 9.53 Å². The van der Waals surface area contributed by atoms with Crippen molar-refractivity contribution in [2.24, 2.45) is 0 Å². The van der Waals surface area contributed by atoms with E-state index < -0.39 is 5.41 Å². The molecule has 0 radical (unpaired) electrons. The summed E-state index contributed by atoms with van der Waals surface area (Å²) in [4.78, 5) is 17.5. The molecule has 0 saturated heterocycles. The average molecular weight is 398 g/mol. The van der Waals surface area contributed by atoms with E-state index in [4.69, 9.17) is 4.74 Å². The zero-order valence-corrected chi connectivity index (χ0v) is 16.9. The summed E-state index contributed by atoms with van der Waals surface area (Å²) in [5, 5.41) is 11.1. The maximum absolute atomic E-state index is 13.1. The minimum absolute atomic E-state index is 0.0282. The SMILES string of the molecule is COc1cccc(C2(C(=O)Nc3ccc(-c4cc(C)nc5[nH]ncc45)cc3)CC2)c1. The van der Waals surface area contributed by atoms with Crippen molar-refractivity contribution in [3.05, 3.63) is 72.1 Å². The van der Waals surface area contributed by atoms with Crippen LogP contribution in [0.1, 0.15) is 24.1 Å². The summed E-state index contributed by atoms with van der Waals surface area (Å²) in [6, 6.07) is 17.7. The summed E-state index contributed by atoms with van der Waals surface area (Å²) in [5.41, 5.74) is 5.15. The van der Waals surface area contributed by atoms with Gasteiger partial charge in [0.05, 0.1) is 18.7 Å². The minimum atomic E-state index is -0.460. The van der Waals surface area contributed by atoms with Crippen LogP contribution in [0.2, 0.25) is 0 Å². The summed E-state index contributed by atoms with van der Waals surface area (Å²) in [6.45, 7) is 1.96. The van der Waals surface area contributed by atoms with E-state index in [9.17, 15) is 4.79 Å². The van der Waals surface area contributed by atoms with E-state index in [-0.39, 0.29) is 5.91 Å². The van der Waals surface area contributed by atoms with Gasteiger partial charge >= 0.3 is 0 Å². The van der Waals surface area contributed by atoms with E-state index in [0.717, 1.165) is 57.7 Å². The third kappa shape index (κ3) is 3.10. The van der Waals surface area contributed by atoms with Gasteiger partial charge < -0.3 is 10.1 Å². The zero-order valence-electron chi connectivity index (χ0n) is 16.9. The predicted molar refractivity (Wildman–Crippen MR) is 117 cm³/mol. The van der Waals surface area contributed by atoms with Crippen LogP contribution in [-0.2, 0) is 10.2 Å². The highest BCUT2D eigenvalue weighted by Crippen LogP contribution is 2.49. The summed E-state index contributed by atoms with van der Waals surface area (Å²) in [7, 11) is 1.64. The number of anilines is 1. The second kappa shape index (κ2) is 6.99. The third-order valence-corrected chi connectivity index (χ3v) is 5.81. The van der Waals surface area contributed by atoms with Gasteiger partial charge in [0, 0.05) is 16.8 Å². The number of nitrogens with zero attached hydrogens (tertiary/aromatic N) is 2. The van der Waals surface area contributed by atoms with Crippen LogP contribution >= 0.6 is 0 Å². The number of hydrogen-bond donors (Lipinski definition) is 2. The number of benzene rings is 2. The maximum atomic E-state index is 13.1. The molecule has 6 nitrogen and oxygen atoms in total. The number of aromatic amines is 1. The first-order valence-corrected chi connectivity index (χ1v) is 9.96. The largest absolute Gasteiger partial charge is 0.497 e. The van der Waals surface area contributed by atoms with Crippen molar-refractivity contribution in [1.29, 1.82) is 0 Å². The number of rotatable bonds is 5. The minimum Gasteiger partial charge on any atom is -0.497 e. The lowest BCUT2D eigenvalue weighted by Crippen LogP contribution is -2.27. The molecule has 2 N–H and O–H groups in total. The van der Waals surface area contributed by atoms with Crippen LogP contribution in [0.15, 0.2) is 60.8 Å². The Balaban J connectivity index is 1.39. The van der Waals surface area contributed by atoms with Crippen LogP contribution in [0.5, 0.6) is 5.75 Å². The Morgan fingerprint density at radius 1 is 1.13 bits per heavy atom. The second-order valence-electron chi connectivity index (χ2n) is 7.79. The maximum Gasteiger partial charge on any atom is 0.235 e. The molecule has 2 heterocycles. The number of aryl methyl sites for hydroxylation is 1. The number of H-pyrrole nitrogens is 1. The Kier molecular flexibility index (Phi) is 4.28. The topological polar surface area (TPSA) is 79.9 Å². The molecular formula is C24H22N4O2. The van der Waals surface area contributed by atoms with Gasteiger partial charge in [0.2, 0.25) is 5.91 Å². The van der Waals surface area contributed by atoms with Crippen LogP contribution in [0, 0.1) is 6.92 Å². The van der Waals surface area contributed by atoms with Gasteiger partial charge in [-0.2, -0.15) is 5.10 Å². The molecule has 4 aromatic rings. The molecule has 0 aliphatic heterocycles. The average Bonchev–Trinajstić information content (AvgIpc) is 3.46. The smallest absolute Gasteiger partial charge is 0.235 e. The summed E-state index contributed by atoms with van der Waals surface area (Å²) >= 11 is 0. The fraction of sp³-hybridized carbons (Fsp3) is 0.208. The zero-order chi connectivity index (χ0) is 20.7. The number of nitrogens with one attached hydrogen (secondary N) is 2. The number of carbonyl (C=O) groups is 1. The molecule has 1 aliphatic rings. The van der Waals surface area contributed by atoms with Crippen molar-refractivity contribution in [2.75, 3.05) is 12.4 Å². The monoisotopic (exact) mass is 398 g/mol. The van der Waals surface area contributed by atoms with Crippen LogP contribution < -0.4 is 10.1 Å². The molecule has 1 aliphatic carbocycles. The van der Waals surface area contributed by atoms with Crippen LogP contribution in [-0.4, -0.2) is 28.2 Å². The lowest BCUT2D eigenvalue weighted by atomic mass is 9.94. The first-order chi connectivity index (χ1) is 14.6. The number of aromatic nitrogens is 3. The highest BCUT2D eigenvalue weighted by molar-refractivity contribution is 6.01. The van der Waals surface area contributed by atoms with E-state index in [0.29, 0.717) is 0 Å². The molecule has 6 heteroatoms. The molecule has 0 atom stereocenters. The first-order valence-electron chi connectivity index (χ1n) is 9.96. The number of hydrogen-bond acceptors (Lipinski definition) is 4. The molecule has 30 heavy (non-hydrogen) atoms. The quantitative estimate of drug-likeness (QED) is 0.514. The van der Waals surface area contributed by atoms with Crippen LogP contribution in [0.25, 0.3) is 22.2 Å². The van der Waals surface area contributed by atoms with Gasteiger partial charge in [0.1, 0.15) is 5.75 Å². The number of fused-ring (bicyclic) bond motifs is 1. The molecule has 0 spiro atoms. The Bertz CT molecular complexity index is 1240. The highest BCUT2D eigenvalue weighted by atomic mass is 16.5. The predicted octanol–water partition coefficient (Wildman–Crippen LogP) is 4.61. The van der Waals surface area contributed by atoms with Gasteiger partial charge in [-0.15, -0.1) is 0 Å². The summed E-state index contributed by atoms with van der Waals surface area (Å²) in [5.74, 6) is 0.801. The first kappa shape index (κ1) is 18.4. The fourth-order valence-corrected chi connectivity index (χ4v) is 3.97. The highest BCUT2D eigenvalue weighted by Gasteiger charge is 2.51. The van der Waals surface area contributed by atoms with Crippen molar-refractivity contribution in [1.82, 2.24) is 15.2 Å². The van der Waals surface area contributed by atoms with Crippen molar-refractivity contribution in [3.63, 3.8) is 0 Å². The molecule has 2 aromatic heterocycles. The molecule has 0 bridgehead atoms. The lowest BCUT2D eigenvalue weighted by molar-refractivity contribution is -0.118. The number of methoxy groups -OCH3 is 1. The number of carbonyl (C=O) groups excluding carboxylic acids is 1. The second-order valence-corrected chi connectivity index (χ2v) is 7.79. The van der Waals surface area contributed by atoms with E-state index in [2.05, 4.69) is 20.5 Å². The number of ether oxygens (including phenoxy) is 1. The van der Waals surface area contributed by atoms with E-state index >= 15 is 0 Å². The molecule has 1 saturated carbocycles. The van der Waals surface area contributed by atoms with Crippen LogP contribution in [0.3, 0.4) is 0 Å². The fourth-order valence-electron chi connectivity index (χ4n) is 3.97. The molecule has 150 valence electrons. The number of amides is 1.